The summed E-state index contributed by atoms with van der Waals surface area (Å²) in [6, 6.07) is -1.93. The molecule has 0 bridgehead atoms. The van der Waals surface area contributed by atoms with Gasteiger partial charge in [0, 0.05) is 12.5 Å². The lowest BCUT2D eigenvalue weighted by atomic mass is 9.98. The molecule has 0 fully saturated rings. The van der Waals surface area contributed by atoms with E-state index in [-0.39, 0.29) is 0 Å². The van der Waals surface area contributed by atoms with Crippen LogP contribution >= 0.6 is 0 Å². The summed E-state index contributed by atoms with van der Waals surface area (Å²) < 4.78 is 98.5. The van der Waals surface area contributed by atoms with Crippen LogP contribution in [0.25, 0.3) is 0 Å². The van der Waals surface area contributed by atoms with Gasteiger partial charge in [-0.3, -0.25) is 0 Å². The minimum Gasteiger partial charge on any atom is -0.395 e. The summed E-state index contributed by atoms with van der Waals surface area (Å²) in [4.78, 5) is 0. The number of hydrogen-bond donors (Lipinski definition) is 2. The molecule has 1 unspecified atom stereocenters. The predicted octanol–water partition coefficient (Wildman–Crippen LogP) is 1.87. The number of aliphatic hydroxyl groups excluding tert-OH is 1. The van der Waals surface area contributed by atoms with Gasteiger partial charge in [-0.1, -0.05) is 0 Å². The van der Waals surface area contributed by atoms with E-state index in [1.807, 2.05) is 0 Å². The second kappa shape index (κ2) is 4.92. The highest BCUT2D eigenvalue weighted by atomic mass is 19.4. The highest BCUT2D eigenvalue weighted by Crippen LogP contribution is 2.49. The third-order valence-corrected chi connectivity index (χ3v) is 1.91. The van der Waals surface area contributed by atoms with Crippen LogP contribution in [-0.4, -0.2) is 41.9 Å². The lowest BCUT2D eigenvalue weighted by molar-refractivity contribution is -0.340. The first kappa shape index (κ1) is 16.4. The smallest absolute Gasteiger partial charge is 0.377 e. The maximum absolute atomic E-state index is 12.7. The molecule has 0 aliphatic rings. The molecule has 0 heterocycles. The number of aliphatic hydroxyl groups is 1. The lowest BCUT2D eigenvalue weighted by Crippen LogP contribution is -2.59. The Labute approximate surface area is 90.4 Å². The Morgan fingerprint density at radius 2 is 1.41 bits per heavy atom. The fourth-order valence-electron chi connectivity index (χ4n) is 0.903. The molecule has 0 amide bonds. The van der Waals surface area contributed by atoms with Crippen LogP contribution in [-0.2, 0) is 0 Å². The molecule has 0 saturated carbocycles. The molecule has 0 radical (unpaired) electrons. The van der Waals surface area contributed by atoms with Crippen LogP contribution in [0, 0.1) is 0 Å². The second-order valence-corrected chi connectivity index (χ2v) is 3.35. The molecule has 3 N–H and O–H groups in total. The van der Waals surface area contributed by atoms with Gasteiger partial charge in [-0.05, 0) is 0 Å². The van der Waals surface area contributed by atoms with Gasteiger partial charge in [-0.25, -0.2) is 8.78 Å². The monoisotopic (exact) mass is 275 g/mol. The zero-order valence-electron chi connectivity index (χ0n) is 8.12. The maximum atomic E-state index is 12.7. The number of alkyl halides is 8. The van der Waals surface area contributed by atoms with E-state index in [1.54, 1.807) is 0 Å². The fraction of sp³-hybridized carbons (Fsp3) is 1.00. The van der Waals surface area contributed by atoms with Gasteiger partial charge in [0.1, 0.15) is 0 Å². The van der Waals surface area contributed by atoms with Gasteiger partial charge in [0.25, 0.3) is 0 Å². The molecule has 0 saturated heterocycles. The first-order valence-electron chi connectivity index (χ1n) is 4.18. The fourth-order valence-corrected chi connectivity index (χ4v) is 0.903. The van der Waals surface area contributed by atoms with E-state index in [2.05, 4.69) is 5.73 Å². The number of rotatable bonds is 6. The average molecular weight is 275 g/mol. The SMILES string of the molecule is NC(CO)CC(F)(F)C(F)(F)C(F)(F)C(F)F. The van der Waals surface area contributed by atoms with Gasteiger partial charge in [-0.15, -0.1) is 0 Å². The van der Waals surface area contributed by atoms with E-state index < -0.39 is 43.3 Å². The minimum atomic E-state index is -6.26. The van der Waals surface area contributed by atoms with Crippen molar-refractivity contribution in [2.45, 2.75) is 36.7 Å². The first-order chi connectivity index (χ1) is 7.40. The molecule has 0 aliphatic heterocycles. The average Bonchev–Trinajstić information content (AvgIpc) is 2.15. The summed E-state index contributed by atoms with van der Waals surface area (Å²) >= 11 is 0. The summed E-state index contributed by atoms with van der Waals surface area (Å²) in [5.74, 6) is -17.9. The van der Waals surface area contributed by atoms with Crippen molar-refractivity contribution in [2.75, 3.05) is 6.61 Å². The molecule has 104 valence electrons. The van der Waals surface area contributed by atoms with Crippen molar-refractivity contribution in [2.24, 2.45) is 5.73 Å². The molecule has 0 aromatic rings. The van der Waals surface area contributed by atoms with Crippen molar-refractivity contribution in [1.82, 2.24) is 0 Å². The molecule has 0 rings (SSSR count). The third-order valence-electron chi connectivity index (χ3n) is 1.91. The number of hydrogen-bond acceptors (Lipinski definition) is 2. The van der Waals surface area contributed by atoms with E-state index >= 15 is 0 Å². The number of nitrogens with two attached hydrogens (primary N) is 1. The van der Waals surface area contributed by atoms with Crippen LogP contribution in [0.2, 0.25) is 0 Å². The molecule has 0 aromatic carbocycles. The highest BCUT2D eigenvalue weighted by Gasteiger charge is 2.75. The standard InChI is InChI=1S/C7H9F8NO/c8-4(9)6(12,13)7(14,15)5(10,11)1-3(16)2-17/h3-4,17H,1-2,16H2. The zero-order valence-corrected chi connectivity index (χ0v) is 8.12. The molecule has 0 aliphatic carbocycles. The Morgan fingerprint density at radius 3 is 1.71 bits per heavy atom. The van der Waals surface area contributed by atoms with E-state index in [4.69, 9.17) is 5.11 Å². The summed E-state index contributed by atoms with van der Waals surface area (Å²) in [5.41, 5.74) is 4.68. The van der Waals surface area contributed by atoms with Gasteiger partial charge in [0.2, 0.25) is 0 Å². The van der Waals surface area contributed by atoms with Crippen molar-refractivity contribution in [3.8, 4) is 0 Å². The summed E-state index contributed by atoms with van der Waals surface area (Å²) in [6.45, 7) is -1.17. The quantitative estimate of drug-likeness (QED) is 0.727. The molecule has 10 heteroatoms. The van der Waals surface area contributed by atoms with E-state index in [0.717, 1.165) is 0 Å². The third kappa shape index (κ3) is 2.97. The lowest BCUT2D eigenvalue weighted by Gasteiger charge is -2.33. The molecule has 0 aromatic heterocycles. The van der Waals surface area contributed by atoms with Crippen LogP contribution in [0.4, 0.5) is 35.1 Å². The van der Waals surface area contributed by atoms with Crippen LogP contribution < -0.4 is 5.73 Å². The highest BCUT2D eigenvalue weighted by molar-refractivity contribution is 4.99. The Morgan fingerprint density at radius 1 is 1.00 bits per heavy atom. The first-order valence-corrected chi connectivity index (χ1v) is 4.18. The largest absolute Gasteiger partial charge is 0.395 e. The van der Waals surface area contributed by atoms with Gasteiger partial charge in [0.05, 0.1) is 6.61 Å². The van der Waals surface area contributed by atoms with E-state index in [1.165, 1.54) is 0 Å². The van der Waals surface area contributed by atoms with Crippen molar-refractivity contribution >= 4 is 0 Å². The summed E-state index contributed by atoms with van der Waals surface area (Å²) in [6.07, 6.45) is -6.99. The molecular weight excluding hydrogens is 266 g/mol. The maximum Gasteiger partial charge on any atom is 0.377 e. The van der Waals surface area contributed by atoms with Crippen LogP contribution in [0.1, 0.15) is 6.42 Å². The summed E-state index contributed by atoms with van der Waals surface area (Å²) in [7, 11) is 0. The van der Waals surface area contributed by atoms with Crippen molar-refractivity contribution in [3.05, 3.63) is 0 Å². The van der Waals surface area contributed by atoms with Crippen LogP contribution in [0.3, 0.4) is 0 Å². The van der Waals surface area contributed by atoms with Crippen LogP contribution in [0.5, 0.6) is 0 Å². The van der Waals surface area contributed by atoms with Crippen molar-refractivity contribution in [3.63, 3.8) is 0 Å². The molecule has 0 spiro atoms. The summed E-state index contributed by atoms with van der Waals surface area (Å²) in [5, 5.41) is 8.24. The van der Waals surface area contributed by atoms with Crippen molar-refractivity contribution in [1.29, 1.82) is 0 Å². The van der Waals surface area contributed by atoms with Gasteiger partial charge in [0.15, 0.2) is 0 Å². The number of halogens is 8. The molecular formula is C7H9F8NO. The predicted molar refractivity (Wildman–Crippen MR) is 40.5 cm³/mol. The Kier molecular flexibility index (Phi) is 4.74. The van der Waals surface area contributed by atoms with Gasteiger partial charge in [-0.2, -0.15) is 26.3 Å². The van der Waals surface area contributed by atoms with Gasteiger partial charge < -0.3 is 10.8 Å². The van der Waals surface area contributed by atoms with E-state index in [0.29, 0.717) is 0 Å². The molecule has 1 atom stereocenters. The second-order valence-electron chi connectivity index (χ2n) is 3.35. The Bertz CT molecular complexity index is 256. The van der Waals surface area contributed by atoms with Gasteiger partial charge >= 0.3 is 24.2 Å². The molecule has 2 nitrogen and oxygen atoms in total. The van der Waals surface area contributed by atoms with Crippen molar-refractivity contribution < 1.29 is 40.2 Å². The topological polar surface area (TPSA) is 46.2 Å². The Balaban J connectivity index is 5.15. The normalized spacial score (nSPS) is 16.4. The molecule has 17 heavy (non-hydrogen) atoms. The van der Waals surface area contributed by atoms with Crippen LogP contribution in [0.15, 0.2) is 0 Å². The zero-order chi connectivity index (χ0) is 14.1. The van der Waals surface area contributed by atoms with E-state index in [9.17, 15) is 35.1 Å². The minimum absolute atomic E-state index is 1.17. The Hall–Kier alpha value is -0.640.